The Morgan fingerprint density at radius 2 is 2.04 bits per heavy atom. The zero-order valence-corrected chi connectivity index (χ0v) is 14.4. The van der Waals surface area contributed by atoms with Crippen LogP contribution in [0.25, 0.3) is 11.2 Å². The molecule has 2 unspecified atom stereocenters. The van der Waals surface area contributed by atoms with Crippen molar-refractivity contribution in [2.75, 3.05) is 18.9 Å². The van der Waals surface area contributed by atoms with Crippen LogP contribution in [0, 0.1) is 0 Å². The van der Waals surface area contributed by atoms with E-state index in [9.17, 15) is 19.9 Å². The molecule has 142 valence electrons. The molecule has 26 heavy (non-hydrogen) atoms. The topological polar surface area (TPSA) is 178 Å². The third-order valence-electron chi connectivity index (χ3n) is 4.50. The standard InChI is InChI=1S/C13H19N6O6P/c14-10-6-11(16-4-15-10)19(5-17-6)12-8(21)7(20)9(22)13(25-12)26(23)18-2-1-3-24-26/h4-5,7-9,12-13,20-22H,1-3H2,(H,18,23)(H2,14,15,16)/t7-,8-,9-,12+,13?,26?/m0/s1. The molecule has 0 radical (unpaired) electrons. The van der Waals surface area contributed by atoms with Crippen LogP contribution in [0.3, 0.4) is 0 Å². The highest BCUT2D eigenvalue weighted by atomic mass is 31.2. The molecule has 6 atom stereocenters. The molecule has 6 N–H and O–H groups in total. The Kier molecular flexibility index (Phi) is 4.43. The minimum absolute atomic E-state index is 0.140. The zero-order valence-electron chi connectivity index (χ0n) is 13.5. The number of rotatable bonds is 2. The summed E-state index contributed by atoms with van der Waals surface area (Å²) in [7, 11) is -3.60. The average molecular weight is 386 g/mol. The lowest BCUT2D eigenvalue weighted by molar-refractivity contribution is -0.225. The second kappa shape index (κ2) is 6.50. The van der Waals surface area contributed by atoms with Gasteiger partial charge in [-0.2, -0.15) is 0 Å². The molecule has 4 heterocycles. The number of aliphatic hydroxyl groups excluding tert-OH is 3. The van der Waals surface area contributed by atoms with Gasteiger partial charge in [0.2, 0.25) is 0 Å². The first kappa shape index (κ1) is 17.7. The van der Waals surface area contributed by atoms with Crippen LogP contribution in [0.2, 0.25) is 0 Å². The van der Waals surface area contributed by atoms with Crippen LogP contribution in [-0.4, -0.2) is 72.1 Å². The molecule has 2 aromatic rings. The lowest BCUT2D eigenvalue weighted by Crippen LogP contribution is -2.56. The summed E-state index contributed by atoms with van der Waals surface area (Å²) in [5.41, 5.74) is 6.31. The number of imidazole rings is 1. The second-order valence-electron chi connectivity index (χ2n) is 6.16. The summed E-state index contributed by atoms with van der Waals surface area (Å²) in [6, 6.07) is 0. The number of nitrogens with zero attached hydrogens (tertiary/aromatic N) is 4. The van der Waals surface area contributed by atoms with Crippen molar-refractivity contribution in [3.05, 3.63) is 12.7 Å². The maximum Gasteiger partial charge on any atom is 0.300 e. The number of aromatic nitrogens is 4. The highest BCUT2D eigenvalue weighted by Crippen LogP contribution is 2.54. The molecule has 2 aromatic heterocycles. The number of nitrogen functional groups attached to an aromatic ring is 1. The summed E-state index contributed by atoms with van der Waals surface area (Å²) in [5.74, 6) is -1.23. The van der Waals surface area contributed by atoms with E-state index in [1.54, 1.807) is 0 Å². The molecule has 0 amide bonds. The van der Waals surface area contributed by atoms with Gasteiger partial charge in [-0.25, -0.2) is 20.0 Å². The van der Waals surface area contributed by atoms with Gasteiger partial charge in [0.05, 0.1) is 12.9 Å². The molecular weight excluding hydrogens is 367 g/mol. The van der Waals surface area contributed by atoms with Crippen LogP contribution in [0.5, 0.6) is 0 Å². The number of ether oxygens (including phenoxy) is 1. The molecule has 2 aliphatic rings. The minimum atomic E-state index is -3.60. The summed E-state index contributed by atoms with van der Waals surface area (Å²) in [5, 5.41) is 33.7. The summed E-state index contributed by atoms with van der Waals surface area (Å²) < 4.78 is 25.4. The number of aliphatic hydroxyl groups is 3. The van der Waals surface area contributed by atoms with Gasteiger partial charge in [-0.3, -0.25) is 9.13 Å². The normalized spacial score (nSPS) is 38.5. The monoisotopic (exact) mass is 386 g/mol. The first-order chi connectivity index (χ1) is 12.4. The van der Waals surface area contributed by atoms with Crippen LogP contribution < -0.4 is 10.8 Å². The summed E-state index contributed by atoms with van der Waals surface area (Å²) in [6.07, 6.45) is -2.76. The molecule has 13 heteroatoms. The lowest BCUT2D eigenvalue weighted by Gasteiger charge is -2.43. The highest BCUT2D eigenvalue weighted by Gasteiger charge is 2.53. The van der Waals surface area contributed by atoms with Crippen molar-refractivity contribution in [2.45, 2.75) is 36.8 Å². The van der Waals surface area contributed by atoms with Crippen molar-refractivity contribution >= 4 is 24.5 Å². The van der Waals surface area contributed by atoms with Crippen molar-refractivity contribution in [1.82, 2.24) is 24.6 Å². The maximum atomic E-state index is 13.0. The van der Waals surface area contributed by atoms with Gasteiger partial charge in [-0.1, -0.05) is 0 Å². The molecule has 4 rings (SSSR count). The Labute approximate surface area is 147 Å². The fourth-order valence-corrected chi connectivity index (χ4v) is 5.28. The number of nitrogens with one attached hydrogen (secondary N) is 1. The Morgan fingerprint density at radius 1 is 1.23 bits per heavy atom. The van der Waals surface area contributed by atoms with Crippen molar-refractivity contribution in [3.8, 4) is 0 Å². The van der Waals surface area contributed by atoms with Gasteiger partial charge in [-0.15, -0.1) is 0 Å². The predicted molar refractivity (Wildman–Crippen MR) is 87.8 cm³/mol. The smallest absolute Gasteiger partial charge is 0.300 e. The molecule has 0 saturated carbocycles. The molecule has 0 spiro atoms. The van der Waals surface area contributed by atoms with Crippen molar-refractivity contribution in [1.29, 1.82) is 0 Å². The van der Waals surface area contributed by atoms with Crippen molar-refractivity contribution in [3.63, 3.8) is 0 Å². The van der Waals surface area contributed by atoms with Gasteiger partial charge in [0, 0.05) is 6.54 Å². The maximum absolute atomic E-state index is 13.0. The second-order valence-corrected chi connectivity index (χ2v) is 8.44. The summed E-state index contributed by atoms with van der Waals surface area (Å²) >= 11 is 0. The van der Waals surface area contributed by atoms with Crippen LogP contribution in [0.4, 0.5) is 5.82 Å². The first-order valence-electron chi connectivity index (χ1n) is 8.04. The quantitative estimate of drug-likeness (QED) is 0.381. The lowest BCUT2D eigenvalue weighted by atomic mass is 10.0. The molecule has 2 aliphatic heterocycles. The zero-order chi connectivity index (χ0) is 18.5. The number of fused-ring (bicyclic) bond motifs is 1. The number of hydrogen-bond donors (Lipinski definition) is 5. The Balaban J connectivity index is 1.73. The van der Waals surface area contributed by atoms with Gasteiger partial charge >= 0.3 is 7.52 Å². The molecule has 0 aliphatic carbocycles. The van der Waals surface area contributed by atoms with E-state index in [2.05, 4.69) is 20.0 Å². The fourth-order valence-electron chi connectivity index (χ4n) is 3.13. The Morgan fingerprint density at radius 3 is 2.77 bits per heavy atom. The first-order valence-corrected chi connectivity index (χ1v) is 9.74. The Hall–Kier alpha value is -1.66. The van der Waals surface area contributed by atoms with Crippen molar-refractivity contribution < 1.29 is 29.1 Å². The van der Waals surface area contributed by atoms with E-state index < -0.39 is 37.9 Å². The third kappa shape index (κ3) is 2.70. The highest BCUT2D eigenvalue weighted by molar-refractivity contribution is 7.57. The molecule has 0 bridgehead atoms. The van der Waals surface area contributed by atoms with Gasteiger partial charge in [-0.05, 0) is 6.42 Å². The molecular formula is C13H19N6O6P. The van der Waals surface area contributed by atoms with E-state index in [1.807, 2.05) is 0 Å². The molecule has 2 saturated heterocycles. The van der Waals surface area contributed by atoms with Gasteiger partial charge in [0.25, 0.3) is 0 Å². The van der Waals surface area contributed by atoms with E-state index in [-0.39, 0.29) is 18.1 Å². The predicted octanol–water partition coefficient (Wildman–Crippen LogP) is -1.45. The fraction of sp³-hybridized carbons (Fsp3) is 0.615. The number of anilines is 1. The van der Waals surface area contributed by atoms with Crippen LogP contribution >= 0.6 is 7.52 Å². The van der Waals surface area contributed by atoms with Gasteiger partial charge in [0.1, 0.15) is 30.2 Å². The number of hydrogen-bond acceptors (Lipinski definition) is 10. The van der Waals surface area contributed by atoms with Gasteiger partial charge in [0.15, 0.2) is 23.5 Å². The van der Waals surface area contributed by atoms with E-state index in [4.69, 9.17) is 15.0 Å². The van der Waals surface area contributed by atoms with E-state index >= 15 is 0 Å². The van der Waals surface area contributed by atoms with E-state index in [0.717, 1.165) is 0 Å². The molecule has 2 fully saturated rings. The van der Waals surface area contributed by atoms with E-state index in [1.165, 1.54) is 17.2 Å². The Bertz CT molecular complexity index is 853. The molecule has 0 aromatic carbocycles. The third-order valence-corrected chi connectivity index (χ3v) is 6.82. The molecule has 12 nitrogen and oxygen atoms in total. The van der Waals surface area contributed by atoms with E-state index in [0.29, 0.717) is 18.5 Å². The largest absolute Gasteiger partial charge is 0.387 e. The SMILES string of the molecule is Nc1ncnc2c1ncn2[C@@H]1OC(P2(=O)NCCCO2)[C@@H](O)[C@@H](O)[C@@H]1O. The number of nitrogens with two attached hydrogens (primary N) is 1. The summed E-state index contributed by atoms with van der Waals surface area (Å²) in [4.78, 5) is 12.0. The van der Waals surface area contributed by atoms with Gasteiger partial charge < -0.3 is 30.3 Å². The van der Waals surface area contributed by atoms with Crippen LogP contribution in [0.15, 0.2) is 12.7 Å². The minimum Gasteiger partial charge on any atom is -0.387 e. The summed E-state index contributed by atoms with van der Waals surface area (Å²) in [6.45, 7) is 0.656. The average Bonchev–Trinajstić information content (AvgIpc) is 3.06. The van der Waals surface area contributed by atoms with Crippen molar-refractivity contribution in [2.24, 2.45) is 0 Å². The van der Waals surface area contributed by atoms with Crippen LogP contribution in [0.1, 0.15) is 12.6 Å². The van der Waals surface area contributed by atoms with Crippen LogP contribution in [-0.2, 0) is 13.8 Å².